The van der Waals surface area contributed by atoms with E-state index in [4.69, 9.17) is 9.72 Å². The van der Waals surface area contributed by atoms with Crippen molar-refractivity contribution in [2.24, 2.45) is 0 Å². The molecule has 0 radical (unpaired) electrons. The molecule has 0 aliphatic heterocycles. The number of hydrogen-bond acceptors (Lipinski definition) is 2. The highest BCUT2D eigenvalue weighted by atomic mass is 16.5. The molecule has 21 heavy (non-hydrogen) atoms. The normalized spacial score (nSPS) is 10.6. The SMILES string of the molecule is COc1ccccc1-c1nc(Cc2ccccc2)c(C)[nH]1. The van der Waals surface area contributed by atoms with E-state index in [1.165, 1.54) is 5.56 Å². The van der Waals surface area contributed by atoms with E-state index in [1.807, 2.05) is 30.3 Å². The summed E-state index contributed by atoms with van der Waals surface area (Å²) in [7, 11) is 1.68. The van der Waals surface area contributed by atoms with Gasteiger partial charge in [0.1, 0.15) is 11.6 Å². The molecule has 0 unspecified atom stereocenters. The van der Waals surface area contributed by atoms with Gasteiger partial charge in [0.2, 0.25) is 0 Å². The van der Waals surface area contributed by atoms with Crippen LogP contribution >= 0.6 is 0 Å². The first kappa shape index (κ1) is 13.4. The molecule has 3 nitrogen and oxygen atoms in total. The minimum Gasteiger partial charge on any atom is -0.496 e. The van der Waals surface area contributed by atoms with Crippen molar-refractivity contribution in [2.45, 2.75) is 13.3 Å². The fourth-order valence-electron chi connectivity index (χ4n) is 2.43. The summed E-state index contributed by atoms with van der Waals surface area (Å²) in [6, 6.07) is 18.3. The lowest BCUT2D eigenvalue weighted by molar-refractivity contribution is 0.416. The number of hydrogen-bond donors (Lipinski definition) is 1. The highest BCUT2D eigenvalue weighted by Crippen LogP contribution is 2.28. The van der Waals surface area contributed by atoms with E-state index < -0.39 is 0 Å². The molecule has 2 aromatic carbocycles. The predicted octanol–water partition coefficient (Wildman–Crippen LogP) is 3.98. The molecule has 1 heterocycles. The number of ether oxygens (including phenoxy) is 1. The standard InChI is InChI=1S/C18H18N2O/c1-13-16(12-14-8-4-3-5-9-14)20-18(19-13)15-10-6-7-11-17(15)21-2/h3-11H,12H2,1-2H3,(H,19,20). The van der Waals surface area contributed by atoms with Crippen LogP contribution < -0.4 is 4.74 Å². The third kappa shape index (κ3) is 2.82. The third-order valence-electron chi connectivity index (χ3n) is 3.56. The molecule has 0 saturated carbocycles. The van der Waals surface area contributed by atoms with E-state index in [2.05, 4.69) is 36.2 Å². The molecule has 106 valence electrons. The zero-order valence-electron chi connectivity index (χ0n) is 12.3. The Morgan fingerprint density at radius 2 is 1.71 bits per heavy atom. The van der Waals surface area contributed by atoms with Gasteiger partial charge < -0.3 is 9.72 Å². The lowest BCUT2D eigenvalue weighted by atomic mass is 10.1. The van der Waals surface area contributed by atoms with Crippen molar-refractivity contribution in [3.8, 4) is 17.1 Å². The molecule has 3 aromatic rings. The number of aromatic nitrogens is 2. The summed E-state index contributed by atoms with van der Waals surface area (Å²) in [6.45, 7) is 2.06. The Hall–Kier alpha value is -2.55. The lowest BCUT2D eigenvalue weighted by Crippen LogP contribution is -1.91. The van der Waals surface area contributed by atoms with Gasteiger partial charge in [-0.25, -0.2) is 4.98 Å². The molecule has 0 spiro atoms. The number of methoxy groups -OCH3 is 1. The molecule has 0 atom stereocenters. The highest BCUT2D eigenvalue weighted by Gasteiger charge is 2.12. The van der Waals surface area contributed by atoms with Gasteiger partial charge in [0.15, 0.2) is 0 Å². The van der Waals surface area contributed by atoms with E-state index in [0.717, 1.165) is 34.9 Å². The Bertz CT molecular complexity index is 732. The molecule has 0 bridgehead atoms. The number of rotatable bonds is 4. The molecule has 1 N–H and O–H groups in total. The van der Waals surface area contributed by atoms with Crippen molar-refractivity contribution in [3.63, 3.8) is 0 Å². The van der Waals surface area contributed by atoms with Crippen LogP contribution in [-0.4, -0.2) is 17.1 Å². The fourth-order valence-corrected chi connectivity index (χ4v) is 2.43. The van der Waals surface area contributed by atoms with Crippen LogP contribution in [0.3, 0.4) is 0 Å². The Balaban J connectivity index is 1.94. The van der Waals surface area contributed by atoms with E-state index in [1.54, 1.807) is 7.11 Å². The second-order valence-corrected chi connectivity index (χ2v) is 5.02. The Kier molecular flexibility index (Phi) is 3.73. The number of nitrogens with zero attached hydrogens (tertiary/aromatic N) is 1. The van der Waals surface area contributed by atoms with Gasteiger partial charge in [0, 0.05) is 12.1 Å². The molecule has 3 rings (SSSR count). The number of benzene rings is 2. The number of aromatic amines is 1. The van der Waals surface area contributed by atoms with Crippen molar-refractivity contribution >= 4 is 0 Å². The average Bonchev–Trinajstić information content (AvgIpc) is 2.89. The molecule has 0 aliphatic carbocycles. The van der Waals surface area contributed by atoms with Gasteiger partial charge in [-0.2, -0.15) is 0 Å². The molecule has 0 saturated heterocycles. The zero-order chi connectivity index (χ0) is 14.7. The average molecular weight is 278 g/mol. The van der Waals surface area contributed by atoms with Crippen LogP contribution in [0.4, 0.5) is 0 Å². The van der Waals surface area contributed by atoms with Crippen molar-refractivity contribution in [3.05, 3.63) is 71.5 Å². The molecule has 0 fully saturated rings. The zero-order valence-corrected chi connectivity index (χ0v) is 12.3. The van der Waals surface area contributed by atoms with Gasteiger partial charge in [-0.1, -0.05) is 42.5 Å². The van der Waals surface area contributed by atoms with Crippen LogP contribution in [0.1, 0.15) is 17.0 Å². The van der Waals surface area contributed by atoms with Crippen molar-refractivity contribution in [1.82, 2.24) is 9.97 Å². The molecular formula is C18H18N2O. The largest absolute Gasteiger partial charge is 0.496 e. The Morgan fingerprint density at radius 3 is 2.48 bits per heavy atom. The quantitative estimate of drug-likeness (QED) is 0.783. The van der Waals surface area contributed by atoms with E-state index in [9.17, 15) is 0 Å². The Labute approximate surface area is 124 Å². The van der Waals surface area contributed by atoms with Gasteiger partial charge >= 0.3 is 0 Å². The van der Waals surface area contributed by atoms with Crippen LogP contribution in [0.5, 0.6) is 5.75 Å². The monoisotopic (exact) mass is 278 g/mol. The van der Waals surface area contributed by atoms with Gasteiger partial charge in [-0.3, -0.25) is 0 Å². The van der Waals surface area contributed by atoms with Gasteiger partial charge in [-0.05, 0) is 24.6 Å². The van der Waals surface area contributed by atoms with E-state index >= 15 is 0 Å². The molecule has 3 heteroatoms. The van der Waals surface area contributed by atoms with E-state index in [0.29, 0.717) is 0 Å². The summed E-state index contributed by atoms with van der Waals surface area (Å²) in [5.41, 5.74) is 4.42. The number of aryl methyl sites for hydroxylation is 1. The van der Waals surface area contributed by atoms with Crippen LogP contribution in [0.2, 0.25) is 0 Å². The molecule has 0 amide bonds. The number of H-pyrrole nitrogens is 1. The minimum absolute atomic E-state index is 0.831. The smallest absolute Gasteiger partial charge is 0.141 e. The number of imidazole rings is 1. The number of nitrogens with one attached hydrogen (secondary N) is 1. The summed E-state index contributed by atoms with van der Waals surface area (Å²) in [5, 5.41) is 0. The molecule has 1 aromatic heterocycles. The molecule has 0 aliphatic rings. The summed E-state index contributed by atoms with van der Waals surface area (Å²) < 4.78 is 5.41. The summed E-state index contributed by atoms with van der Waals surface area (Å²) in [4.78, 5) is 8.11. The highest BCUT2D eigenvalue weighted by molar-refractivity contribution is 5.64. The van der Waals surface area contributed by atoms with Crippen LogP contribution in [0, 0.1) is 6.92 Å². The maximum atomic E-state index is 5.41. The summed E-state index contributed by atoms with van der Waals surface area (Å²) >= 11 is 0. The minimum atomic E-state index is 0.831. The molecular weight excluding hydrogens is 260 g/mol. The first-order valence-corrected chi connectivity index (χ1v) is 7.00. The van der Waals surface area contributed by atoms with Gasteiger partial charge in [0.25, 0.3) is 0 Å². The fraction of sp³-hybridized carbons (Fsp3) is 0.167. The van der Waals surface area contributed by atoms with Crippen molar-refractivity contribution in [1.29, 1.82) is 0 Å². The summed E-state index contributed by atoms with van der Waals surface area (Å²) in [5.74, 6) is 1.69. The van der Waals surface area contributed by atoms with Gasteiger partial charge in [0.05, 0.1) is 18.4 Å². The first-order valence-electron chi connectivity index (χ1n) is 7.00. The van der Waals surface area contributed by atoms with Crippen LogP contribution in [0.25, 0.3) is 11.4 Å². The summed E-state index contributed by atoms with van der Waals surface area (Å²) in [6.07, 6.45) is 0.832. The Morgan fingerprint density at radius 1 is 1.00 bits per heavy atom. The topological polar surface area (TPSA) is 37.9 Å². The second kappa shape index (κ2) is 5.83. The first-order chi connectivity index (χ1) is 10.3. The third-order valence-corrected chi connectivity index (χ3v) is 3.56. The maximum Gasteiger partial charge on any atom is 0.141 e. The predicted molar refractivity (Wildman–Crippen MR) is 84.6 cm³/mol. The van der Waals surface area contributed by atoms with Crippen molar-refractivity contribution < 1.29 is 4.74 Å². The van der Waals surface area contributed by atoms with Gasteiger partial charge in [-0.15, -0.1) is 0 Å². The lowest BCUT2D eigenvalue weighted by Gasteiger charge is -2.04. The van der Waals surface area contributed by atoms with Crippen LogP contribution in [0.15, 0.2) is 54.6 Å². The van der Waals surface area contributed by atoms with Crippen molar-refractivity contribution in [2.75, 3.05) is 7.11 Å². The number of para-hydroxylation sites is 1. The van der Waals surface area contributed by atoms with Crippen LogP contribution in [-0.2, 0) is 6.42 Å². The van der Waals surface area contributed by atoms with E-state index in [-0.39, 0.29) is 0 Å². The maximum absolute atomic E-state index is 5.41. The second-order valence-electron chi connectivity index (χ2n) is 5.02.